The highest BCUT2D eigenvalue weighted by Crippen LogP contribution is 2.28. The van der Waals surface area contributed by atoms with E-state index in [9.17, 15) is 14.7 Å². The van der Waals surface area contributed by atoms with Crippen LogP contribution in [0.5, 0.6) is 0 Å². The van der Waals surface area contributed by atoms with Gasteiger partial charge in [0.15, 0.2) is 0 Å². The second kappa shape index (κ2) is 7.06. The van der Waals surface area contributed by atoms with Crippen molar-refractivity contribution in [1.29, 1.82) is 0 Å². The molecule has 0 aliphatic rings. The molecule has 0 bridgehead atoms. The van der Waals surface area contributed by atoms with Crippen LogP contribution in [0.1, 0.15) is 13.3 Å². The lowest BCUT2D eigenvalue weighted by Crippen LogP contribution is -2.36. The third-order valence-corrected chi connectivity index (χ3v) is 3.84. The van der Waals surface area contributed by atoms with Crippen LogP contribution >= 0.6 is 7.94 Å². The fourth-order valence-corrected chi connectivity index (χ4v) is 2.42. The highest BCUT2D eigenvalue weighted by molar-refractivity contribution is 7.54. The Labute approximate surface area is 115 Å². The van der Waals surface area contributed by atoms with Gasteiger partial charge < -0.3 is 24.5 Å². The lowest BCUT2D eigenvalue weighted by Gasteiger charge is -2.42. The Morgan fingerprint density at radius 3 is 1.95 bits per heavy atom. The minimum Gasteiger partial charge on any atom is -0.688 e. The van der Waals surface area contributed by atoms with Crippen molar-refractivity contribution in [2.75, 3.05) is 43.1 Å². The Balaban J connectivity index is 2.59. The van der Waals surface area contributed by atoms with E-state index >= 15 is 0 Å². The van der Waals surface area contributed by atoms with Gasteiger partial charge in [0.05, 0.1) is 0 Å². The molecule has 0 amide bonds. The van der Waals surface area contributed by atoms with Gasteiger partial charge in [0, 0.05) is 44.7 Å². The molecule has 6 heteroatoms. The SMILES string of the molecule is CCN(CCC[P+]([O-])([O-])[O-])c1ccc(N(C)C)cc1. The van der Waals surface area contributed by atoms with E-state index in [1.165, 1.54) is 0 Å². The van der Waals surface area contributed by atoms with Crippen LogP contribution in [-0.2, 0) is 0 Å². The second-order valence-electron chi connectivity index (χ2n) is 4.68. The molecule has 0 fully saturated rings. The summed E-state index contributed by atoms with van der Waals surface area (Å²) in [6, 6.07) is 8.05. The number of anilines is 2. The van der Waals surface area contributed by atoms with Crippen molar-refractivity contribution in [2.45, 2.75) is 13.3 Å². The van der Waals surface area contributed by atoms with Gasteiger partial charge in [0.1, 0.15) is 0 Å². The van der Waals surface area contributed by atoms with E-state index in [-0.39, 0.29) is 6.16 Å². The molecule has 5 nitrogen and oxygen atoms in total. The molecule has 0 aliphatic carbocycles. The van der Waals surface area contributed by atoms with Gasteiger partial charge in [0.2, 0.25) is 0 Å². The first kappa shape index (κ1) is 16.2. The molecule has 0 spiro atoms. The fourth-order valence-electron chi connectivity index (χ4n) is 1.89. The molecule has 1 rings (SSSR count). The van der Waals surface area contributed by atoms with Crippen LogP contribution in [-0.4, -0.2) is 33.3 Å². The largest absolute Gasteiger partial charge is 0.688 e. The van der Waals surface area contributed by atoms with E-state index in [4.69, 9.17) is 0 Å². The van der Waals surface area contributed by atoms with E-state index in [1.807, 2.05) is 50.2 Å². The second-order valence-corrected chi connectivity index (χ2v) is 6.35. The summed E-state index contributed by atoms with van der Waals surface area (Å²) < 4.78 is 0. The molecule has 0 heterocycles. The van der Waals surface area contributed by atoms with Crippen LogP contribution in [0.25, 0.3) is 0 Å². The minimum absolute atomic E-state index is 0.278. The van der Waals surface area contributed by atoms with E-state index in [0.717, 1.165) is 17.9 Å². The van der Waals surface area contributed by atoms with Crippen LogP contribution < -0.4 is 24.5 Å². The van der Waals surface area contributed by atoms with Gasteiger partial charge in [-0.25, -0.2) is 0 Å². The standard InChI is InChI=1S/C13H23N2O3P/c1-4-15(10-5-11-19(16,17)18)13-8-6-12(7-9-13)14(2)3/h6-9H,4-5,10-11H2,1-3H3,(H2,16,17,18)/p-2. The third kappa shape index (κ3) is 5.74. The van der Waals surface area contributed by atoms with Crippen LogP contribution in [0.15, 0.2) is 24.3 Å². The molecule has 1 aromatic carbocycles. The van der Waals surface area contributed by atoms with Crippen molar-refractivity contribution in [1.82, 2.24) is 0 Å². The molecule has 0 aliphatic heterocycles. The summed E-state index contributed by atoms with van der Waals surface area (Å²) in [5.41, 5.74) is 2.16. The zero-order chi connectivity index (χ0) is 14.5. The van der Waals surface area contributed by atoms with Crippen LogP contribution in [0, 0.1) is 0 Å². The zero-order valence-electron chi connectivity index (χ0n) is 11.7. The van der Waals surface area contributed by atoms with Gasteiger partial charge in [-0.1, -0.05) is 0 Å². The maximum Gasteiger partial charge on any atom is 0.0442 e. The van der Waals surface area contributed by atoms with Gasteiger partial charge in [-0.3, -0.25) is 0 Å². The van der Waals surface area contributed by atoms with Crippen molar-refractivity contribution < 1.29 is 14.7 Å². The third-order valence-electron chi connectivity index (χ3n) is 2.97. The van der Waals surface area contributed by atoms with Gasteiger partial charge in [0.25, 0.3) is 0 Å². The molecule has 19 heavy (non-hydrogen) atoms. The van der Waals surface area contributed by atoms with Crippen LogP contribution in [0.3, 0.4) is 0 Å². The van der Waals surface area contributed by atoms with E-state index < -0.39 is 7.94 Å². The number of rotatable bonds is 7. The molecule has 0 N–H and O–H groups in total. The quantitative estimate of drug-likeness (QED) is 0.649. The minimum atomic E-state index is -4.38. The van der Waals surface area contributed by atoms with Crippen molar-refractivity contribution in [2.24, 2.45) is 0 Å². The average Bonchev–Trinajstić information content (AvgIpc) is 2.33. The number of nitrogens with zero attached hydrogens (tertiary/aromatic N) is 2. The normalized spacial score (nSPS) is 11.5. The molecule has 0 saturated carbocycles. The van der Waals surface area contributed by atoms with Gasteiger partial charge in [-0.15, -0.1) is 0 Å². The average molecular weight is 284 g/mol. The smallest absolute Gasteiger partial charge is 0.0442 e. The van der Waals surface area contributed by atoms with Gasteiger partial charge in [-0.05, 0) is 37.6 Å². The van der Waals surface area contributed by atoms with E-state index in [2.05, 4.69) is 4.90 Å². The van der Waals surface area contributed by atoms with E-state index in [0.29, 0.717) is 13.0 Å². The number of hydrogen-bond donors (Lipinski definition) is 0. The molecule has 0 aromatic heterocycles. The van der Waals surface area contributed by atoms with Crippen molar-refractivity contribution in [3.8, 4) is 0 Å². The summed E-state index contributed by atoms with van der Waals surface area (Å²) >= 11 is 0. The summed E-state index contributed by atoms with van der Waals surface area (Å²) in [7, 11) is -0.421. The van der Waals surface area contributed by atoms with Gasteiger partial charge >= 0.3 is 0 Å². The van der Waals surface area contributed by atoms with Gasteiger partial charge in [-0.2, -0.15) is 7.94 Å². The summed E-state index contributed by atoms with van der Waals surface area (Å²) in [5, 5.41) is 0. The lowest BCUT2D eigenvalue weighted by atomic mass is 10.2. The monoisotopic (exact) mass is 284 g/mol. The molecular formula is C13H21N2O3P-2. The molecule has 1 aromatic rings. The van der Waals surface area contributed by atoms with E-state index in [1.54, 1.807) is 0 Å². The zero-order valence-corrected chi connectivity index (χ0v) is 12.6. The predicted molar refractivity (Wildman–Crippen MR) is 75.1 cm³/mol. The first-order valence-electron chi connectivity index (χ1n) is 6.37. The van der Waals surface area contributed by atoms with Crippen molar-refractivity contribution in [3.63, 3.8) is 0 Å². The summed E-state index contributed by atoms with van der Waals surface area (Å²) in [5.74, 6) is 0. The lowest BCUT2D eigenvalue weighted by molar-refractivity contribution is -0.427. The Kier molecular flexibility index (Phi) is 6.01. The fraction of sp³-hybridized carbons (Fsp3) is 0.538. The van der Waals surface area contributed by atoms with Crippen molar-refractivity contribution in [3.05, 3.63) is 24.3 Å². The topological polar surface area (TPSA) is 75.7 Å². The highest BCUT2D eigenvalue weighted by Gasteiger charge is 2.06. The van der Waals surface area contributed by atoms with Crippen LogP contribution in [0.2, 0.25) is 0 Å². The molecule has 0 atom stereocenters. The number of benzene rings is 1. The summed E-state index contributed by atoms with van der Waals surface area (Å²) in [4.78, 5) is 35.9. The Hall–Kier alpha value is -0.870. The first-order chi connectivity index (χ1) is 8.83. The Morgan fingerprint density at radius 2 is 1.53 bits per heavy atom. The summed E-state index contributed by atoms with van der Waals surface area (Å²) in [6.07, 6.45) is 0.0901. The molecule has 108 valence electrons. The highest BCUT2D eigenvalue weighted by atomic mass is 31.2. The predicted octanol–water partition coefficient (Wildman–Crippen LogP) is -0.187. The van der Waals surface area contributed by atoms with Crippen molar-refractivity contribution >= 4 is 19.3 Å². The molecular weight excluding hydrogens is 263 g/mol. The Morgan fingerprint density at radius 1 is 1.00 bits per heavy atom. The molecule has 0 saturated heterocycles. The Bertz CT molecular complexity index is 376. The number of hydrogen-bond acceptors (Lipinski definition) is 5. The molecule has 0 radical (unpaired) electrons. The van der Waals surface area contributed by atoms with Crippen LogP contribution in [0.4, 0.5) is 11.4 Å². The maximum atomic E-state index is 10.6. The summed E-state index contributed by atoms with van der Waals surface area (Å²) in [6.45, 7) is 3.36. The first-order valence-corrected chi connectivity index (χ1v) is 8.09. The maximum absolute atomic E-state index is 10.6. The molecule has 0 unspecified atom stereocenters.